The van der Waals surface area contributed by atoms with Crippen LogP contribution >= 0.6 is 0 Å². The molecular weight excluding hydrogens is 885 g/mol. The summed E-state index contributed by atoms with van der Waals surface area (Å²) >= 11 is 0. The first kappa shape index (κ1) is 68.3. The van der Waals surface area contributed by atoms with Crippen molar-refractivity contribution >= 4 is 11.9 Å². The molecular formula is C67H112O5. The zero-order valence-corrected chi connectivity index (χ0v) is 46.9. The van der Waals surface area contributed by atoms with E-state index in [-0.39, 0.29) is 25.2 Å². The van der Waals surface area contributed by atoms with Gasteiger partial charge in [0.15, 0.2) is 6.10 Å². The van der Waals surface area contributed by atoms with E-state index in [0.29, 0.717) is 12.8 Å². The first-order valence-electron chi connectivity index (χ1n) is 30.1. The van der Waals surface area contributed by atoms with Crippen LogP contribution in [0.4, 0.5) is 0 Å². The van der Waals surface area contributed by atoms with Crippen LogP contribution in [0.25, 0.3) is 0 Å². The van der Waals surface area contributed by atoms with Gasteiger partial charge in [-0.25, -0.2) is 0 Å². The molecule has 1 atom stereocenters. The second-order valence-electron chi connectivity index (χ2n) is 19.7. The number of hydrogen-bond acceptors (Lipinski definition) is 5. The van der Waals surface area contributed by atoms with Gasteiger partial charge in [-0.15, -0.1) is 0 Å². The molecule has 0 saturated carbocycles. The Bertz CT molecular complexity index is 1450. The van der Waals surface area contributed by atoms with Gasteiger partial charge in [0.2, 0.25) is 0 Å². The lowest BCUT2D eigenvalue weighted by Gasteiger charge is -2.15. The van der Waals surface area contributed by atoms with Crippen molar-refractivity contribution in [3.05, 3.63) is 122 Å². The van der Waals surface area contributed by atoms with Gasteiger partial charge in [0.1, 0.15) is 6.61 Å². The maximum absolute atomic E-state index is 12.3. The number of rotatable bonds is 54. The number of ether oxygens (including phenoxy) is 2. The second kappa shape index (κ2) is 61.6. The quantitative estimate of drug-likeness (QED) is 0.0373. The highest BCUT2D eigenvalue weighted by molar-refractivity contribution is 5.70. The average Bonchev–Trinajstić information content (AvgIpc) is 3.38. The van der Waals surface area contributed by atoms with Crippen LogP contribution in [-0.4, -0.2) is 36.4 Å². The summed E-state index contributed by atoms with van der Waals surface area (Å²) in [6, 6.07) is 0. The van der Waals surface area contributed by atoms with Crippen molar-refractivity contribution in [1.29, 1.82) is 0 Å². The van der Waals surface area contributed by atoms with E-state index in [1.54, 1.807) is 0 Å². The molecule has 0 fully saturated rings. The number of aliphatic hydroxyl groups excluding tert-OH is 1. The molecule has 0 radical (unpaired) electrons. The normalized spacial score (nSPS) is 13.1. The smallest absolute Gasteiger partial charge is 0.306 e. The number of carbonyl (C=O) groups is 2. The maximum atomic E-state index is 12.3. The Morgan fingerprint density at radius 1 is 0.333 bits per heavy atom. The van der Waals surface area contributed by atoms with E-state index in [0.717, 1.165) is 103 Å². The fourth-order valence-corrected chi connectivity index (χ4v) is 8.25. The van der Waals surface area contributed by atoms with Crippen molar-refractivity contribution in [3.8, 4) is 0 Å². The second-order valence-corrected chi connectivity index (χ2v) is 19.7. The molecule has 0 spiro atoms. The molecule has 0 bridgehead atoms. The first-order chi connectivity index (χ1) is 35.6. The van der Waals surface area contributed by atoms with Gasteiger partial charge < -0.3 is 14.6 Å². The number of esters is 2. The van der Waals surface area contributed by atoms with Crippen LogP contribution in [0, 0.1) is 0 Å². The predicted octanol–water partition coefficient (Wildman–Crippen LogP) is 20.6. The van der Waals surface area contributed by atoms with Crippen LogP contribution in [0.2, 0.25) is 0 Å². The Kier molecular flexibility index (Phi) is 58.4. The Morgan fingerprint density at radius 2 is 0.597 bits per heavy atom. The minimum Gasteiger partial charge on any atom is -0.462 e. The van der Waals surface area contributed by atoms with Crippen molar-refractivity contribution in [2.24, 2.45) is 0 Å². The van der Waals surface area contributed by atoms with Crippen molar-refractivity contribution in [2.45, 2.75) is 277 Å². The largest absolute Gasteiger partial charge is 0.462 e. The molecule has 5 heteroatoms. The van der Waals surface area contributed by atoms with Crippen LogP contribution in [0.5, 0.6) is 0 Å². The molecule has 5 nitrogen and oxygen atoms in total. The summed E-state index contributed by atoms with van der Waals surface area (Å²) in [7, 11) is 0. The Balaban J connectivity index is 3.59. The third kappa shape index (κ3) is 58.9. The summed E-state index contributed by atoms with van der Waals surface area (Å²) in [5, 5.41) is 9.66. The maximum Gasteiger partial charge on any atom is 0.306 e. The van der Waals surface area contributed by atoms with Gasteiger partial charge in [-0.3, -0.25) is 9.59 Å². The van der Waals surface area contributed by atoms with Crippen molar-refractivity contribution in [2.75, 3.05) is 13.2 Å². The van der Waals surface area contributed by atoms with Gasteiger partial charge in [0, 0.05) is 12.8 Å². The molecule has 0 rings (SSSR count). The predicted molar refractivity (Wildman–Crippen MR) is 315 cm³/mol. The monoisotopic (exact) mass is 997 g/mol. The average molecular weight is 998 g/mol. The molecule has 0 saturated heterocycles. The summed E-state index contributed by atoms with van der Waals surface area (Å²) in [6.07, 6.45) is 90.4. The molecule has 0 aliphatic heterocycles. The van der Waals surface area contributed by atoms with Crippen LogP contribution in [0.3, 0.4) is 0 Å². The van der Waals surface area contributed by atoms with Crippen LogP contribution in [0.1, 0.15) is 271 Å². The molecule has 0 aromatic rings. The summed E-state index contributed by atoms with van der Waals surface area (Å²) in [5.74, 6) is -0.629. The highest BCUT2D eigenvalue weighted by Crippen LogP contribution is 2.16. The highest BCUT2D eigenvalue weighted by Gasteiger charge is 2.16. The van der Waals surface area contributed by atoms with E-state index in [4.69, 9.17) is 9.47 Å². The number of carbonyl (C=O) groups excluding carboxylic acids is 2. The molecule has 1 N–H and O–H groups in total. The minimum atomic E-state index is -0.799. The molecule has 0 amide bonds. The third-order valence-corrected chi connectivity index (χ3v) is 12.7. The highest BCUT2D eigenvalue weighted by atomic mass is 16.6. The van der Waals surface area contributed by atoms with E-state index in [2.05, 4.69) is 135 Å². The topological polar surface area (TPSA) is 72.8 Å². The fraction of sp³-hybridized carbons (Fsp3) is 0.672. The fourth-order valence-electron chi connectivity index (χ4n) is 8.25. The Labute approximate surface area is 445 Å². The van der Waals surface area contributed by atoms with Crippen molar-refractivity contribution < 1.29 is 24.2 Å². The molecule has 0 aliphatic carbocycles. The number of aliphatic hydroxyl groups is 1. The van der Waals surface area contributed by atoms with E-state index in [1.807, 2.05) is 0 Å². The third-order valence-electron chi connectivity index (χ3n) is 12.7. The summed E-state index contributed by atoms with van der Waals surface area (Å²) in [6.45, 7) is 4.01. The van der Waals surface area contributed by atoms with Crippen molar-refractivity contribution in [1.82, 2.24) is 0 Å². The molecule has 0 heterocycles. The SMILES string of the molecule is CC/C=C\C/C=C\C/C=C\C/C=C\C/C=C\C/C=C\C/C=C\C/C=C\C/C=C\CCCCCC(=O)OC(CO)COC(=O)CCCCCCCCCCCCCCCCC/C=C\CCCCCCCCCC. The standard InChI is InChI=1S/C67H112O5/c1-3-5-7-9-11-13-15-17-19-21-23-25-27-29-31-32-33-34-36-38-40-42-44-46-48-50-52-54-56-58-60-62-67(70)72-65(63-68)64-71-66(69)61-59-57-55-53-51-49-47-45-43-41-39-37-35-30-28-26-24-22-20-18-16-14-12-10-8-6-4-2/h5,7,11,13,17,19,22-25,29,31,33-34,38,40,44,46,50,52,65,68H,3-4,6,8-10,12,14-16,18,20-21,26-28,30,32,35-37,39,41-43,45,47-49,51,53-64H2,1-2H3/b7-5-,13-11-,19-17-,24-22-,25-23-,31-29-,34-33-,40-38-,46-44-,52-50-. The number of allylic oxidation sites excluding steroid dienone is 20. The van der Waals surface area contributed by atoms with Gasteiger partial charge in [-0.2, -0.15) is 0 Å². The lowest BCUT2D eigenvalue weighted by Crippen LogP contribution is -2.28. The van der Waals surface area contributed by atoms with Crippen molar-refractivity contribution in [3.63, 3.8) is 0 Å². The summed E-state index contributed by atoms with van der Waals surface area (Å²) in [5.41, 5.74) is 0. The van der Waals surface area contributed by atoms with E-state index in [9.17, 15) is 14.7 Å². The molecule has 0 aromatic heterocycles. The number of hydrogen-bond donors (Lipinski definition) is 1. The lowest BCUT2D eigenvalue weighted by molar-refractivity contribution is -0.161. The Hall–Kier alpha value is -3.70. The molecule has 0 aliphatic rings. The molecule has 0 aromatic carbocycles. The molecule has 410 valence electrons. The van der Waals surface area contributed by atoms with E-state index in [1.165, 1.54) is 141 Å². The van der Waals surface area contributed by atoms with Crippen LogP contribution in [0.15, 0.2) is 122 Å². The summed E-state index contributed by atoms with van der Waals surface area (Å²) in [4.78, 5) is 24.6. The number of unbranched alkanes of at least 4 members (excludes halogenated alkanes) is 26. The lowest BCUT2D eigenvalue weighted by atomic mass is 10.0. The van der Waals surface area contributed by atoms with Crippen LogP contribution < -0.4 is 0 Å². The van der Waals surface area contributed by atoms with E-state index >= 15 is 0 Å². The van der Waals surface area contributed by atoms with Gasteiger partial charge in [-0.1, -0.05) is 270 Å². The molecule has 1 unspecified atom stereocenters. The van der Waals surface area contributed by atoms with E-state index < -0.39 is 6.10 Å². The zero-order chi connectivity index (χ0) is 52.0. The van der Waals surface area contributed by atoms with Gasteiger partial charge in [-0.05, 0) is 109 Å². The van der Waals surface area contributed by atoms with Crippen LogP contribution in [-0.2, 0) is 19.1 Å². The minimum absolute atomic E-state index is 0.0851. The van der Waals surface area contributed by atoms with Gasteiger partial charge in [0.05, 0.1) is 6.61 Å². The van der Waals surface area contributed by atoms with Gasteiger partial charge >= 0.3 is 11.9 Å². The molecule has 72 heavy (non-hydrogen) atoms. The Morgan fingerprint density at radius 3 is 0.931 bits per heavy atom. The zero-order valence-electron chi connectivity index (χ0n) is 46.9. The first-order valence-corrected chi connectivity index (χ1v) is 30.1. The van der Waals surface area contributed by atoms with Gasteiger partial charge in [0.25, 0.3) is 0 Å². The summed E-state index contributed by atoms with van der Waals surface area (Å²) < 4.78 is 10.7.